The first kappa shape index (κ1) is 18.6. The SMILES string of the molecule is COc1ccc(CCNC(=O)CCc2nc(-c3ccccc3C)no2)cc1. The molecule has 0 saturated carbocycles. The lowest BCUT2D eigenvalue weighted by Crippen LogP contribution is -2.25. The van der Waals surface area contributed by atoms with Gasteiger partial charge in [0.25, 0.3) is 0 Å². The Bertz CT molecular complexity index is 888. The summed E-state index contributed by atoms with van der Waals surface area (Å²) in [6, 6.07) is 15.7. The summed E-state index contributed by atoms with van der Waals surface area (Å²) in [5.74, 6) is 1.83. The number of carbonyl (C=O) groups excluding carboxylic acids is 1. The first-order valence-electron chi connectivity index (χ1n) is 8.94. The Labute approximate surface area is 158 Å². The molecule has 0 bridgehead atoms. The lowest BCUT2D eigenvalue weighted by Gasteiger charge is -2.05. The maximum atomic E-state index is 12.0. The number of hydrogen-bond donors (Lipinski definition) is 1. The molecule has 140 valence electrons. The van der Waals surface area contributed by atoms with Gasteiger partial charge in [-0.15, -0.1) is 0 Å². The van der Waals surface area contributed by atoms with Crippen molar-refractivity contribution in [3.05, 3.63) is 65.5 Å². The first-order chi connectivity index (χ1) is 13.2. The van der Waals surface area contributed by atoms with E-state index in [1.54, 1.807) is 7.11 Å². The molecule has 1 heterocycles. The highest BCUT2D eigenvalue weighted by Crippen LogP contribution is 2.20. The van der Waals surface area contributed by atoms with Crippen LogP contribution in [-0.2, 0) is 17.6 Å². The van der Waals surface area contributed by atoms with Crippen LogP contribution in [0.1, 0.15) is 23.4 Å². The molecule has 1 aromatic heterocycles. The summed E-state index contributed by atoms with van der Waals surface area (Å²) < 4.78 is 10.4. The summed E-state index contributed by atoms with van der Waals surface area (Å²) >= 11 is 0. The Morgan fingerprint density at radius 2 is 1.89 bits per heavy atom. The van der Waals surface area contributed by atoms with E-state index in [2.05, 4.69) is 15.5 Å². The van der Waals surface area contributed by atoms with E-state index in [1.807, 2.05) is 55.5 Å². The van der Waals surface area contributed by atoms with Gasteiger partial charge in [-0.05, 0) is 36.6 Å². The minimum Gasteiger partial charge on any atom is -0.497 e. The Hall–Kier alpha value is -3.15. The molecule has 1 N–H and O–H groups in total. The van der Waals surface area contributed by atoms with E-state index in [1.165, 1.54) is 0 Å². The second-order valence-electron chi connectivity index (χ2n) is 6.27. The van der Waals surface area contributed by atoms with Gasteiger partial charge in [0, 0.05) is 24.9 Å². The van der Waals surface area contributed by atoms with Crippen molar-refractivity contribution >= 4 is 5.91 Å². The number of aryl methyl sites for hydroxylation is 2. The molecule has 0 radical (unpaired) electrons. The van der Waals surface area contributed by atoms with Crippen molar-refractivity contribution in [3.63, 3.8) is 0 Å². The Balaban J connectivity index is 1.43. The Morgan fingerprint density at radius 1 is 1.11 bits per heavy atom. The third kappa shape index (κ3) is 5.17. The van der Waals surface area contributed by atoms with Gasteiger partial charge in [-0.25, -0.2) is 0 Å². The number of amides is 1. The molecule has 2 aromatic carbocycles. The van der Waals surface area contributed by atoms with Crippen LogP contribution < -0.4 is 10.1 Å². The molecule has 1 amide bonds. The van der Waals surface area contributed by atoms with Crippen LogP contribution in [0.2, 0.25) is 0 Å². The van der Waals surface area contributed by atoms with E-state index < -0.39 is 0 Å². The number of carbonyl (C=O) groups is 1. The van der Waals surface area contributed by atoms with E-state index in [-0.39, 0.29) is 5.91 Å². The molecular weight excluding hydrogens is 342 g/mol. The van der Waals surface area contributed by atoms with Crippen LogP contribution in [0.4, 0.5) is 0 Å². The van der Waals surface area contributed by atoms with Crippen LogP contribution in [0.5, 0.6) is 5.75 Å². The fraction of sp³-hybridized carbons (Fsp3) is 0.286. The molecule has 6 nitrogen and oxygen atoms in total. The average molecular weight is 365 g/mol. The molecule has 0 fully saturated rings. The number of nitrogens with zero attached hydrogens (tertiary/aromatic N) is 2. The maximum absolute atomic E-state index is 12.0. The average Bonchev–Trinajstić information content (AvgIpc) is 3.16. The quantitative estimate of drug-likeness (QED) is 0.662. The zero-order valence-electron chi connectivity index (χ0n) is 15.6. The van der Waals surface area contributed by atoms with Crippen molar-refractivity contribution < 1.29 is 14.1 Å². The molecule has 0 spiro atoms. The minimum absolute atomic E-state index is 0.0286. The van der Waals surface area contributed by atoms with Gasteiger partial charge in [-0.3, -0.25) is 4.79 Å². The van der Waals surface area contributed by atoms with Crippen LogP contribution >= 0.6 is 0 Å². The van der Waals surface area contributed by atoms with Crippen molar-refractivity contribution in [2.24, 2.45) is 0 Å². The molecule has 0 atom stereocenters. The van der Waals surface area contributed by atoms with Gasteiger partial charge in [-0.1, -0.05) is 41.6 Å². The second kappa shape index (κ2) is 8.98. The third-order valence-corrected chi connectivity index (χ3v) is 4.31. The first-order valence-corrected chi connectivity index (χ1v) is 8.94. The highest BCUT2D eigenvalue weighted by atomic mass is 16.5. The van der Waals surface area contributed by atoms with Crippen molar-refractivity contribution in [1.29, 1.82) is 0 Å². The van der Waals surface area contributed by atoms with Gasteiger partial charge in [-0.2, -0.15) is 4.98 Å². The van der Waals surface area contributed by atoms with Gasteiger partial charge in [0.15, 0.2) is 0 Å². The molecular formula is C21H23N3O3. The lowest BCUT2D eigenvalue weighted by molar-refractivity contribution is -0.121. The molecule has 0 saturated heterocycles. The normalized spacial score (nSPS) is 10.6. The van der Waals surface area contributed by atoms with Crippen LogP contribution in [0.3, 0.4) is 0 Å². The molecule has 0 aliphatic rings. The predicted molar refractivity (Wildman–Crippen MR) is 102 cm³/mol. The molecule has 0 aliphatic heterocycles. The van der Waals surface area contributed by atoms with E-state index >= 15 is 0 Å². The molecule has 6 heteroatoms. The topological polar surface area (TPSA) is 77.2 Å². The number of benzene rings is 2. The summed E-state index contributed by atoms with van der Waals surface area (Å²) in [5, 5.41) is 6.93. The Kier molecular flexibility index (Phi) is 6.20. The molecule has 27 heavy (non-hydrogen) atoms. The predicted octanol–water partition coefficient (Wildman–Crippen LogP) is 3.35. The second-order valence-corrected chi connectivity index (χ2v) is 6.27. The number of methoxy groups -OCH3 is 1. The van der Waals surface area contributed by atoms with Crippen molar-refractivity contribution in [1.82, 2.24) is 15.5 Å². The highest BCUT2D eigenvalue weighted by Gasteiger charge is 2.12. The summed E-state index contributed by atoms with van der Waals surface area (Å²) in [6.07, 6.45) is 1.51. The van der Waals surface area contributed by atoms with Gasteiger partial charge in [0.2, 0.25) is 17.6 Å². The van der Waals surface area contributed by atoms with Crippen molar-refractivity contribution in [3.8, 4) is 17.1 Å². The molecule has 3 rings (SSSR count). The van der Waals surface area contributed by atoms with Crippen molar-refractivity contribution in [2.75, 3.05) is 13.7 Å². The molecule has 0 aliphatic carbocycles. The van der Waals surface area contributed by atoms with E-state index in [9.17, 15) is 4.79 Å². The number of hydrogen-bond acceptors (Lipinski definition) is 5. The van der Waals surface area contributed by atoms with Crippen LogP contribution in [0.25, 0.3) is 11.4 Å². The Morgan fingerprint density at radius 3 is 2.63 bits per heavy atom. The van der Waals surface area contributed by atoms with Crippen molar-refractivity contribution in [2.45, 2.75) is 26.2 Å². The van der Waals surface area contributed by atoms with Crippen LogP contribution in [-0.4, -0.2) is 29.7 Å². The standard InChI is InChI=1S/C21H23N3O3/c1-15-5-3-4-6-18(15)21-23-20(27-24-21)12-11-19(25)22-14-13-16-7-9-17(26-2)10-8-16/h3-10H,11-14H2,1-2H3,(H,22,25). The molecule has 3 aromatic rings. The summed E-state index contributed by atoms with van der Waals surface area (Å²) in [7, 11) is 1.64. The summed E-state index contributed by atoms with van der Waals surface area (Å²) in [4.78, 5) is 16.4. The third-order valence-electron chi connectivity index (χ3n) is 4.31. The monoisotopic (exact) mass is 365 g/mol. The highest BCUT2D eigenvalue weighted by molar-refractivity contribution is 5.76. The molecule has 0 unspecified atom stereocenters. The van der Waals surface area contributed by atoms with E-state index in [4.69, 9.17) is 9.26 Å². The van der Waals surface area contributed by atoms with Gasteiger partial charge in [0.1, 0.15) is 5.75 Å². The zero-order chi connectivity index (χ0) is 19.1. The van der Waals surface area contributed by atoms with E-state index in [0.717, 1.165) is 28.9 Å². The van der Waals surface area contributed by atoms with E-state index in [0.29, 0.717) is 31.1 Å². The van der Waals surface area contributed by atoms with Gasteiger partial charge < -0.3 is 14.6 Å². The largest absolute Gasteiger partial charge is 0.497 e. The smallest absolute Gasteiger partial charge is 0.227 e. The number of nitrogens with one attached hydrogen (secondary N) is 1. The number of rotatable bonds is 8. The zero-order valence-corrected chi connectivity index (χ0v) is 15.6. The van der Waals surface area contributed by atoms with Gasteiger partial charge >= 0.3 is 0 Å². The van der Waals surface area contributed by atoms with Gasteiger partial charge in [0.05, 0.1) is 7.11 Å². The number of ether oxygens (including phenoxy) is 1. The summed E-state index contributed by atoms with van der Waals surface area (Å²) in [6.45, 7) is 2.59. The summed E-state index contributed by atoms with van der Waals surface area (Å²) in [5.41, 5.74) is 3.17. The van der Waals surface area contributed by atoms with Crippen LogP contribution in [0.15, 0.2) is 53.1 Å². The fourth-order valence-corrected chi connectivity index (χ4v) is 2.74. The maximum Gasteiger partial charge on any atom is 0.227 e. The fourth-order valence-electron chi connectivity index (χ4n) is 2.74. The number of aromatic nitrogens is 2. The van der Waals surface area contributed by atoms with Crippen LogP contribution in [0, 0.1) is 6.92 Å². The lowest BCUT2D eigenvalue weighted by atomic mass is 10.1. The minimum atomic E-state index is -0.0286.